The first-order chi connectivity index (χ1) is 12.1. The van der Waals surface area contributed by atoms with E-state index in [0.29, 0.717) is 0 Å². The molecule has 4 rings (SSSR count). The fourth-order valence-corrected chi connectivity index (χ4v) is 3.02. The molecule has 6 heteroatoms. The first kappa shape index (κ1) is 15.4. The van der Waals surface area contributed by atoms with E-state index in [4.69, 9.17) is 0 Å². The van der Waals surface area contributed by atoms with Crippen LogP contribution in [-0.2, 0) is 0 Å². The first-order valence-electron chi connectivity index (χ1n) is 8.29. The van der Waals surface area contributed by atoms with E-state index in [0.717, 1.165) is 28.5 Å². The Balaban J connectivity index is 1.58. The molecule has 6 nitrogen and oxygen atoms in total. The zero-order valence-electron chi connectivity index (χ0n) is 14.5. The Morgan fingerprint density at radius 2 is 1.76 bits per heavy atom. The predicted molar refractivity (Wildman–Crippen MR) is 98.1 cm³/mol. The molecule has 0 saturated carbocycles. The summed E-state index contributed by atoms with van der Waals surface area (Å²) in [4.78, 5) is 8.74. The van der Waals surface area contributed by atoms with Gasteiger partial charge in [-0.3, -0.25) is 0 Å². The number of imidazole rings is 1. The number of aryl methyl sites for hydroxylation is 2. The van der Waals surface area contributed by atoms with Crippen LogP contribution in [0.2, 0.25) is 0 Å². The van der Waals surface area contributed by atoms with E-state index in [1.54, 1.807) is 6.20 Å². The van der Waals surface area contributed by atoms with Crippen molar-refractivity contribution in [1.82, 2.24) is 24.1 Å². The number of hydrogen-bond donors (Lipinski definition) is 1. The average Bonchev–Trinajstić information content (AvgIpc) is 3.20. The Morgan fingerprint density at radius 3 is 2.48 bits per heavy atom. The van der Waals surface area contributed by atoms with Crippen molar-refractivity contribution in [2.24, 2.45) is 0 Å². The monoisotopic (exact) mass is 332 g/mol. The minimum atomic E-state index is 0.131. The second kappa shape index (κ2) is 6.05. The van der Waals surface area contributed by atoms with Crippen LogP contribution >= 0.6 is 0 Å². The SMILES string of the molecule is Cc1cc2c(NC(C)c3ccc(-n4ccnc4C)cc3)nccn2n1. The molecule has 1 N–H and O–H groups in total. The van der Waals surface area contributed by atoms with Crippen molar-refractivity contribution in [3.8, 4) is 5.69 Å². The van der Waals surface area contributed by atoms with E-state index >= 15 is 0 Å². The number of benzene rings is 1. The number of hydrogen-bond acceptors (Lipinski definition) is 4. The molecule has 0 fully saturated rings. The molecule has 3 aromatic heterocycles. The summed E-state index contributed by atoms with van der Waals surface area (Å²) in [5.41, 5.74) is 4.26. The lowest BCUT2D eigenvalue weighted by Crippen LogP contribution is -2.09. The van der Waals surface area contributed by atoms with Crippen LogP contribution in [-0.4, -0.2) is 24.1 Å². The van der Waals surface area contributed by atoms with Gasteiger partial charge in [0.1, 0.15) is 11.3 Å². The van der Waals surface area contributed by atoms with Gasteiger partial charge in [-0.15, -0.1) is 0 Å². The van der Waals surface area contributed by atoms with E-state index in [1.165, 1.54) is 5.56 Å². The quantitative estimate of drug-likeness (QED) is 0.619. The number of nitrogens with zero attached hydrogens (tertiary/aromatic N) is 5. The van der Waals surface area contributed by atoms with Crippen LogP contribution < -0.4 is 5.32 Å². The van der Waals surface area contributed by atoms with E-state index in [1.807, 2.05) is 43.0 Å². The van der Waals surface area contributed by atoms with Crippen LogP contribution in [0.1, 0.15) is 30.0 Å². The molecule has 1 atom stereocenters. The maximum atomic E-state index is 4.47. The van der Waals surface area contributed by atoms with E-state index in [9.17, 15) is 0 Å². The van der Waals surface area contributed by atoms with Gasteiger partial charge in [0.25, 0.3) is 0 Å². The van der Waals surface area contributed by atoms with Gasteiger partial charge in [0.2, 0.25) is 0 Å². The Kier molecular flexibility index (Phi) is 3.72. The highest BCUT2D eigenvalue weighted by Gasteiger charge is 2.11. The topological polar surface area (TPSA) is 60.0 Å². The molecule has 0 aliphatic heterocycles. The van der Waals surface area contributed by atoms with E-state index < -0.39 is 0 Å². The summed E-state index contributed by atoms with van der Waals surface area (Å²) >= 11 is 0. The molecular weight excluding hydrogens is 312 g/mol. The van der Waals surface area contributed by atoms with Crippen molar-refractivity contribution < 1.29 is 0 Å². The van der Waals surface area contributed by atoms with Crippen molar-refractivity contribution in [2.45, 2.75) is 26.8 Å². The van der Waals surface area contributed by atoms with Gasteiger partial charge >= 0.3 is 0 Å². The van der Waals surface area contributed by atoms with Crippen molar-refractivity contribution in [1.29, 1.82) is 0 Å². The lowest BCUT2D eigenvalue weighted by Gasteiger charge is -2.16. The summed E-state index contributed by atoms with van der Waals surface area (Å²) in [6.07, 6.45) is 7.41. The van der Waals surface area contributed by atoms with E-state index in [2.05, 4.69) is 56.1 Å². The average molecular weight is 332 g/mol. The van der Waals surface area contributed by atoms with E-state index in [-0.39, 0.29) is 6.04 Å². The Hall–Kier alpha value is -3.15. The minimum Gasteiger partial charge on any atom is -0.362 e. The molecule has 0 bridgehead atoms. The molecule has 4 aromatic rings. The zero-order valence-corrected chi connectivity index (χ0v) is 14.5. The molecule has 126 valence electrons. The fraction of sp³-hybridized carbons (Fsp3) is 0.211. The van der Waals surface area contributed by atoms with Gasteiger partial charge in [-0.25, -0.2) is 14.5 Å². The van der Waals surface area contributed by atoms with Crippen molar-refractivity contribution in [3.63, 3.8) is 0 Å². The largest absolute Gasteiger partial charge is 0.362 e. The molecule has 0 saturated heterocycles. The highest BCUT2D eigenvalue weighted by molar-refractivity contribution is 5.68. The maximum Gasteiger partial charge on any atom is 0.152 e. The van der Waals surface area contributed by atoms with Gasteiger partial charge in [-0.2, -0.15) is 5.10 Å². The number of aromatic nitrogens is 5. The maximum absolute atomic E-state index is 4.47. The predicted octanol–water partition coefficient (Wildman–Crippen LogP) is 3.70. The van der Waals surface area contributed by atoms with Gasteiger partial charge in [-0.1, -0.05) is 12.1 Å². The molecule has 3 heterocycles. The third-order valence-corrected chi connectivity index (χ3v) is 4.36. The summed E-state index contributed by atoms with van der Waals surface area (Å²) in [6.45, 7) is 6.11. The molecule has 0 spiro atoms. The summed E-state index contributed by atoms with van der Waals surface area (Å²) in [6, 6.07) is 10.7. The van der Waals surface area contributed by atoms with Crippen molar-refractivity contribution in [2.75, 3.05) is 5.32 Å². The van der Waals surface area contributed by atoms with Crippen LogP contribution in [0.4, 0.5) is 5.82 Å². The number of rotatable bonds is 4. The summed E-state index contributed by atoms with van der Waals surface area (Å²) < 4.78 is 3.92. The van der Waals surface area contributed by atoms with Gasteiger partial charge in [-0.05, 0) is 44.5 Å². The summed E-state index contributed by atoms with van der Waals surface area (Å²) in [7, 11) is 0. The number of fused-ring (bicyclic) bond motifs is 1. The third-order valence-electron chi connectivity index (χ3n) is 4.36. The number of anilines is 1. The Bertz CT molecular complexity index is 1010. The van der Waals surface area contributed by atoms with Gasteiger partial charge in [0.15, 0.2) is 5.82 Å². The van der Waals surface area contributed by atoms with Gasteiger partial charge in [0, 0.05) is 30.5 Å². The fourth-order valence-electron chi connectivity index (χ4n) is 3.02. The minimum absolute atomic E-state index is 0.131. The highest BCUT2D eigenvalue weighted by atomic mass is 15.2. The van der Waals surface area contributed by atoms with Crippen LogP contribution in [0.5, 0.6) is 0 Å². The van der Waals surface area contributed by atoms with Crippen LogP contribution in [0.15, 0.2) is 55.1 Å². The molecule has 0 aliphatic rings. The molecule has 0 amide bonds. The van der Waals surface area contributed by atoms with Crippen LogP contribution in [0.25, 0.3) is 11.2 Å². The standard InChI is InChI=1S/C19H20N6/c1-13-12-18-19(21-9-11-25(18)23-13)22-14(2)16-4-6-17(7-5-16)24-10-8-20-15(24)3/h4-12,14H,1-3H3,(H,21,22). The molecule has 1 unspecified atom stereocenters. The van der Waals surface area contributed by atoms with Crippen LogP contribution in [0.3, 0.4) is 0 Å². The zero-order chi connectivity index (χ0) is 17.4. The van der Waals surface area contributed by atoms with Crippen molar-refractivity contribution in [3.05, 3.63) is 72.2 Å². The Labute approximate surface area is 146 Å². The highest BCUT2D eigenvalue weighted by Crippen LogP contribution is 2.23. The third kappa shape index (κ3) is 2.87. The lowest BCUT2D eigenvalue weighted by atomic mass is 10.1. The first-order valence-corrected chi connectivity index (χ1v) is 8.29. The Morgan fingerprint density at radius 1 is 1.00 bits per heavy atom. The van der Waals surface area contributed by atoms with Gasteiger partial charge in [0.05, 0.1) is 11.7 Å². The molecule has 25 heavy (non-hydrogen) atoms. The second-order valence-corrected chi connectivity index (χ2v) is 6.19. The summed E-state index contributed by atoms with van der Waals surface area (Å²) in [5, 5.41) is 7.92. The summed E-state index contributed by atoms with van der Waals surface area (Å²) in [5.74, 6) is 1.82. The second-order valence-electron chi connectivity index (χ2n) is 6.19. The molecule has 0 radical (unpaired) electrons. The van der Waals surface area contributed by atoms with Gasteiger partial charge < -0.3 is 9.88 Å². The normalized spacial score (nSPS) is 12.4. The smallest absolute Gasteiger partial charge is 0.152 e. The van der Waals surface area contributed by atoms with Crippen molar-refractivity contribution >= 4 is 11.3 Å². The molecule has 0 aliphatic carbocycles. The lowest BCUT2D eigenvalue weighted by molar-refractivity contribution is 0.862. The number of nitrogens with one attached hydrogen (secondary N) is 1. The van der Waals surface area contributed by atoms with Crippen LogP contribution in [0, 0.1) is 13.8 Å². The molecular formula is C19H20N6. The molecule has 1 aromatic carbocycles.